The first-order chi connectivity index (χ1) is 14.2. The average molecular weight is 442 g/mol. The summed E-state index contributed by atoms with van der Waals surface area (Å²) in [5.41, 5.74) is 0.920. The third kappa shape index (κ3) is 7.03. The van der Waals surface area contributed by atoms with Gasteiger partial charge in [-0.2, -0.15) is 0 Å². The van der Waals surface area contributed by atoms with E-state index in [1.807, 2.05) is 5.32 Å². The van der Waals surface area contributed by atoms with Gasteiger partial charge in [-0.15, -0.1) is 0 Å². The number of aryl methyl sites for hydroxylation is 2. The molecule has 30 heavy (non-hydrogen) atoms. The van der Waals surface area contributed by atoms with Gasteiger partial charge in [-0.25, -0.2) is 23.1 Å². The molecule has 0 aliphatic carbocycles. The second-order valence-electron chi connectivity index (χ2n) is 5.93. The van der Waals surface area contributed by atoms with E-state index in [4.69, 9.17) is 4.74 Å². The van der Waals surface area contributed by atoms with Crippen LogP contribution in [0.2, 0.25) is 0 Å². The van der Waals surface area contributed by atoms with E-state index in [1.54, 1.807) is 19.9 Å². The molecular formula is C18H17F3N4O4S. The molecule has 2 amide bonds. The molecular weight excluding hydrogens is 425 g/mol. The van der Waals surface area contributed by atoms with Gasteiger partial charge in [0.15, 0.2) is 29.2 Å². The maximum atomic E-state index is 13.5. The highest BCUT2D eigenvalue weighted by Gasteiger charge is 2.16. The number of esters is 1. The SMILES string of the molecule is Cc1cc(C)nc(SCC(=O)OCC(=O)NCC(=O)Nc2ccc(F)c(F)c2F)n1. The van der Waals surface area contributed by atoms with Crippen LogP contribution in [0.5, 0.6) is 0 Å². The average Bonchev–Trinajstić information content (AvgIpc) is 2.69. The van der Waals surface area contributed by atoms with Crippen molar-refractivity contribution in [2.75, 3.05) is 24.2 Å². The molecule has 0 spiro atoms. The molecule has 0 aliphatic heterocycles. The largest absolute Gasteiger partial charge is 0.455 e. The van der Waals surface area contributed by atoms with Crippen LogP contribution < -0.4 is 10.6 Å². The van der Waals surface area contributed by atoms with E-state index in [2.05, 4.69) is 15.3 Å². The van der Waals surface area contributed by atoms with Gasteiger partial charge in [0.2, 0.25) is 5.91 Å². The van der Waals surface area contributed by atoms with Crippen LogP contribution in [-0.2, 0) is 19.1 Å². The van der Waals surface area contributed by atoms with Crippen LogP contribution in [0.25, 0.3) is 0 Å². The van der Waals surface area contributed by atoms with Crippen molar-refractivity contribution in [2.45, 2.75) is 19.0 Å². The molecule has 0 atom stereocenters. The van der Waals surface area contributed by atoms with Gasteiger partial charge >= 0.3 is 5.97 Å². The Morgan fingerprint density at radius 3 is 2.37 bits per heavy atom. The highest BCUT2D eigenvalue weighted by molar-refractivity contribution is 7.99. The minimum Gasteiger partial charge on any atom is -0.455 e. The van der Waals surface area contributed by atoms with Crippen molar-refractivity contribution in [1.82, 2.24) is 15.3 Å². The second kappa shape index (κ2) is 10.6. The van der Waals surface area contributed by atoms with E-state index in [0.29, 0.717) is 11.2 Å². The van der Waals surface area contributed by atoms with Crippen LogP contribution >= 0.6 is 11.8 Å². The zero-order valence-electron chi connectivity index (χ0n) is 15.9. The molecule has 0 radical (unpaired) electrons. The molecule has 0 bridgehead atoms. The van der Waals surface area contributed by atoms with Crippen molar-refractivity contribution >= 4 is 35.2 Å². The number of nitrogens with zero attached hydrogens (tertiary/aromatic N) is 2. The van der Waals surface area contributed by atoms with Gasteiger partial charge in [0.1, 0.15) is 0 Å². The number of nitrogens with one attached hydrogen (secondary N) is 2. The number of anilines is 1. The molecule has 0 fully saturated rings. The van der Waals surface area contributed by atoms with Gasteiger partial charge in [0.25, 0.3) is 5.91 Å². The van der Waals surface area contributed by atoms with Crippen LogP contribution in [0.1, 0.15) is 11.4 Å². The third-order valence-electron chi connectivity index (χ3n) is 3.40. The van der Waals surface area contributed by atoms with Gasteiger partial charge < -0.3 is 15.4 Å². The van der Waals surface area contributed by atoms with Crippen LogP contribution in [0.4, 0.5) is 18.9 Å². The summed E-state index contributed by atoms with van der Waals surface area (Å²) in [5, 5.41) is 4.53. The van der Waals surface area contributed by atoms with Crippen LogP contribution in [-0.4, -0.2) is 46.7 Å². The summed E-state index contributed by atoms with van der Waals surface area (Å²) in [4.78, 5) is 43.3. The van der Waals surface area contributed by atoms with Gasteiger partial charge in [0, 0.05) is 11.4 Å². The first kappa shape index (κ1) is 23.1. The minimum atomic E-state index is -1.73. The van der Waals surface area contributed by atoms with Gasteiger partial charge in [-0.3, -0.25) is 14.4 Å². The van der Waals surface area contributed by atoms with Gasteiger partial charge in [-0.1, -0.05) is 11.8 Å². The normalized spacial score (nSPS) is 10.4. The van der Waals surface area contributed by atoms with Crippen molar-refractivity contribution < 1.29 is 32.3 Å². The number of benzene rings is 1. The van der Waals surface area contributed by atoms with Crippen LogP contribution in [0.3, 0.4) is 0 Å². The number of carbonyl (C=O) groups is 3. The maximum Gasteiger partial charge on any atom is 0.316 e. The van der Waals surface area contributed by atoms with Gasteiger partial charge in [-0.05, 0) is 32.0 Å². The summed E-state index contributed by atoms with van der Waals surface area (Å²) in [7, 11) is 0. The number of rotatable bonds is 8. The van der Waals surface area contributed by atoms with E-state index in [-0.39, 0.29) is 5.75 Å². The molecule has 1 aromatic carbocycles. The van der Waals surface area contributed by atoms with Crippen molar-refractivity contribution in [3.8, 4) is 0 Å². The predicted octanol–water partition coefficient (Wildman–Crippen LogP) is 1.90. The number of hydrogen-bond acceptors (Lipinski definition) is 7. The summed E-state index contributed by atoms with van der Waals surface area (Å²) < 4.78 is 44.2. The molecule has 2 aromatic rings. The van der Waals surface area contributed by atoms with Crippen molar-refractivity contribution in [1.29, 1.82) is 0 Å². The number of ether oxygens (including phenoxy) is 1. The molecule has 1 heterocycles. The summed E-state index contributed by atoms with van der Waals surface area (Å²) in [6.07, 6.45) is 0. The van der Waals surface area contributed by atoms with E-state index < -0.39 is 54.1 Å². The molecule has 12 heteroatoms. The lowest BCUT2D eigenvalue weighted by Gasteiger charge is -2.09. The molecule has 2 N–H and O–H groups in total. The Labute approximate surface area is 173 Å². The smallest absolute Gasteiger partial charge is 0.316 e. The zero-order chi connectivity index (χ0) is 22.3. The maximum absolute atomic E-state index is 13.5. The number of hydrogen-bond donors (Lipinski definition) is 2. The number of aromatic nitrogens is 2. The Morgan fingerprint density at radius 1 is 1.03 bits per heavy atom. The number of thioether (sulfide) groups is 1. The van der Waals surface area contributed by atoms with Crippen LogP contribution in [0.15, 0.2) is 23.4 Å². The Morgan fingerprint density at radius 2 is 1.70 bits per heavy atom. The molecule has 0 saturated carbocycles. The predicted molar refractivity (Wildman–Crippen MR) is 101 cm³/mol. The van der Waals surface area contributed by atoms with E-state index in [1.165, 1.54) is 0 Å². The fraction of sp³-hybridized carbons (Fsp3) is 0.278. The summed E-state index contributed by atoms with van der Waals surface area (Å²) in [5.74, 6) is -7.17. The quantitative estimate of drug-likeness (QED) is 0.278. The fourth-order valence-electron chi connectivity index (χ4n) is 2.12. The number of halogens is 3. The molecule has 8 nitrogen and oxygen atoms in total. The fourth-order valence-corrected chi connectivity index (χ4v) is 2.86. The topological polar surface area (TPSA) is 110 Å². The molecule has 2 rings (SSSR count). The molecule has 0 saturated heterocycles. The van der Waals surface area contributed by atoms with Gasteiger partial charge in [0.05, 0.1) is 18.0 Å². The van der Waals surface area contributed by atoms with Crippen molar-refractivity contribution in [3.63, 3.8) is 0 Å². The Kier molecular flexibility index (Phi) is 8.16. The Balaban J connectivity index is 1.71. The standard InChI is InChI=1S/C18H17F3N4O4S/c1-9-5-10(2)24-18(23-9)30-8-15(28)29-7-14(27)22-6-13(26)25-12-4-3-11(19)16(20)17(12)21/h3-5H,6-8H2,1-2H3,(H,22,27)(H,25,26). The summed E-state index contributed by atoms with van der Waals surface area (Å²) in [6, 6.07) is 3.27. The Bertz CT molecular complexity index is 954. The lowest BCUT2D eigenvalue weighted by atomic mass is 10.2. The van der Waals surface area contributed by atoms with E-state index in [0.717, 1.165) is 29.2 Å². The molecule has 1 aromatic heterocycles. The highest BCUT2D eigenvalue weighted by atomic mass is 32.2. The number of carbonyl (C=O) groups excluding carboxylic acids is 3. The lowest BCUT2D eigenvalue weighted by Crippen LogP contribution is -2.35. The monoisotopic (exact) mass is 442 g/mol. The number of amides is 2. The molecule has 160 valence electrons. The third-order valence-corrected chi connectivity index (χ3v) is 4.22. The lowest BCUT2D eigenvalue weighted by molar-refractivity contribution is -0.146. The van der Waals surface area contributed by atoms with Crippen LogP contribution in [0, 0.1) is 31.3 Å². The Hall–Kier alpha value is -3.15. The molecule has 0 aliphatic rings. The van der Waals surface area contributed by atoms with Crippen molar-refractivity contribution in [3.05, 3.63) is 47.0 Å². The second-order valence-corrected chi connectivity index (χ2v) is 6.87. The first-order valence-electron chi connectivity index (χ1n) is 8.46. The highest BCUT2D eigenvalue weighted by Crippen LogP contribution is 2.19. The zero-order valence-corrected chi connectivity index (χ0v) is 16.7. The summed E-state index contributed by atoms with van der Waals surface area (Å²) in [6.45, 7) is 2.34. The van der Waals surface area contributed by atoms with Crippen molar-refractivity contribution in [2.24, 2.45) is 0 Å². The minimum absolute atomic E-state index is 0.119. The van der Waals surface area contributed by atoms with E-state index >= 15 is 0 Å². The first-order valence-corrected chi connectivity index (χ1v) is 9.45. The summed E-state index contributed by atoms with van der Waals surface area (Å²) >= 11 is 1.05. The molecule has 0 unspecified atom stereocenters. The van der Waals surface area contributed by atoms with E-state index in [9.17, 15) is 27.6 Å².